The number of carbonyl (C=O) groups is 2. The van der Waals surface area contributed by atoms with Crippen LogP contribution in [-0.2, 0) is 9.53 Å². The van der Waals surface area contributed by atoms with Gasteiger partial charge in [0, 0.05) is 57.6 Å². The molecule has 0 bridgehead atoms. The van der Waals surface area contributed by atoms with Crippen LogP contribution in [0.5, 0.6) is 0 Å². The lowest BCUT2D eigenvalue weighted by Crippen LogP contribution is -2.49. The number of hydrogen-bond acceptors (Lipinski definition) is 7. The predicted molar refractivity (Wildman–Crippen MR) is 141 cm³/mol. The Labute approximate surface area is 204 Å². The summed E-state index contributed by atoms with van der Waals surface area (Å²) in [5.74, 6) is -0.0457. The summed E-state index contributed by atoms with van der Waals surface area (Å²) >= 11 is 0. The number of nitrogens with zero attached hydrogens (tertiary/aromatic N) is 3. The summed E-state index contributed by atoms with van der Waals surface area (Å²) in [7, 11) is 3.29. The Morgan fingerprint density at radius 1 is 1.24 bits per heavy atom. The third-order valence-corrected chi connectivity index (χ3v) is 5.30. The smallest absolute Gasteiger partial charge is 0.188 e. The van der Waals surface area contributed by atoms with E-state index in [1.165, 1.54) is 7.11 Å². The van der Waals surface area contributed by atoms with E-state index in [0.717, 1.165) is 49.7 Å². The fourth-order valence-electron chi connectivity index (χ4n) is 3.25. The summed E-state index contributed by atoms with van der Waals surface area (Å²) in [5.41, 5.74) is 3.15. The molecule has 0 radical (unpaired) electrons. The SMILES string of the molecule is C=C(/C=C\C=C\C(=O)c1cc(N2CCN(C(C)C)CC2)cnc1/C=C\CC)NC.COCC=O. The third kappa shape index (κ3) is 10.3. The molecule has 1 aromatic heterocycles. The van der Waals surface area contributed by atoms with Crippen LogP contribution in [0.2, 0.25) is 0 Å². The number of aldehydes is 1. The van der Waals surface area contributed by atoms with Crippen LogP contribution in [0.4, 0.5) is 5.69 Å². The van der Waals surface area contributed by atoms with E-state index in [2.05, 4.69) is 52.2 Å². The standard InChI is InChI=1S/C24H34N4O.C3H6O2/c1-6-7-11-23-22(24(29)12-9-8-10-20(4)25-5)17-21(18-26-23)28-15-13-27(14-16-28)19(2)3;1-5-3-2-4/h7-12,17-19,25H,4,6,13-16H2,1-3,5H3;2H,3H2,1H3/b10-8-,11-7-,12-9+;. The quantitative estimate of drug-likeness (QED) is 0.228. The molecule has 0 aromatic carbocycles. The molecule has 0 spiro atoms. The lowest BCUT2D eigenvalue weighted by atomic mass is 10.1. The molecule has 34 heavy (non-hydrogen) atoms. The first-order chi connectivity index (χ1) is 16.4. The van der Waals surface area contributed by atoms with Gasteiger partial charge in [-0.3, -0.25) is 14.7 Å². The Hall–Kier alpha value is -3.03. The zero-order chi connectivity index (χ0) is 25.3. The Morgan fingerprint density at radius 2 is 1.91 bits per heavy atom. The molecule has 2 rings (SSSR count). The maximum atomic E-state index is 12.9. The number of likely N-dealkylation sites (N-methyl/N-ethyl adjacent to an activating group) is 1. The molecule has 1 fully saturated rings. The van der Waals surface area contributed by atoms with Gasteiger partial charge in [-0.05, 0) is 44.6 Å². The van der Waals surface area contributed by atoms with Crippen LogP contribution in [0, 0.1) is 0 Å². The number of nitrogens with one attached hydrogen (secondary N) is 1. The monoisotopic (exact) mass is 468 g/mol. The van der Waals surface area contributed by atoms with Gasteiger partial charge in [-0.1, -0.05) is 31.7 Å². The van der Waals surface area contributed by atoms with Crippen molar-refractivity contribution in [3.8, 4) is 0 Å². The van der Waals surface area contributed by atoms with Crippen LogP contribution >= 0.6 is 0 Å². The van der Waals surface area contributed by atoms with Gasteiger partial charge in [0.25, 0.3) is 0 Å². The molecule has 0 aliphatic carbocycles. The first kappa shape index (κ1) is 29.0. The maximum Gasteiger partial charge on any atom is 0.188 e. The van der Waals surface area contributed by atoms with E-state index in [1.807, 2.05) is 37.5 Å². The average Bonchev–Trinajstić information content (AvgIpc) is 2.85. The molecule has 1 aliphatic rings. The number of hydrogen-bond donors (Lipinski definition) is 1. The van der Waals surface area contributed by atoms with E-state index in [9.17, 15) is 9.59 Å². The molecular weight excluding hydrogens is 428 g/mol. The zero-order valence-corrected chi connectivity index (χ0v) is 21.3. The Morgan fingerprint density at radius 3 is 2.44 bits per heavy atom. The molecule has 1 N–H and O–H groups in total. The number of rotatable bonds is 11. The van der Waals surface area contributed by atoms with E-state index in [0.29, 0.717) is 17.9 Å². The number of anilines is 1. The fourth-order valence-corrected chi connectivity index (χ4v) is 3.25. The van der Waals surface area contributed by atoms with Gasteiger partial charge < -0.3 is 19.7 Å². The van der Waals surface area contributed by atoms with Gasteiger partial charge in [0.15, 0.2) is 5.78 Å². The van der Waals surface area contributed by atoms with Crippen LogP contribution < -0.4 is 10.2 Å². The van der Waals surface area contributed by atoms with Crippen LogP contribution in [0.15, 0.2) is 54.9 Å². The molecular formula is C27H40N4O3. The second-order valence-corrected chi connectivity index (χ2v) is 8.03. The van der Waals surface area contributed by atoms with Crippen LogP contribution in [-0.4, -0.2) is 74.9 Å². The normalized spacial score (nSPS) is 14.6. The van der Waals surface area contributed by atoms with Crippen LogP contribution in [0.3, 0.4) is 0 Å². The van der Waals surface area contributed by atoms with E-state index < -0.39 is 0 Å². The topological polar surface area (TPSA) is 74.8 Å². The van der Waals surface area contributed by atoms with Crippen molar-refractivity contribution < 1.29 is 14.3 Å². The van der Waals surface area contributed by atoms with Gasteiger partial charge in [-0.25, -0.2) is 0 Å². The van der Waals surface area contributed by atoms with Crippen molar-refractivity contribution in [2.45, 2.75) is 33.2 Å². The summed E-state index contributed by atoms with van der Waals surface area (Å²) in [6.45, 7) is 14.5. The van der Waals surface area contributed by atoms with Gasteiger partial charge in [0.05, 0.1) is 17.6 Å². The maximum absolute atomic E-state index is 12.9. The Kier molecular flexibility index (Phi) is 14.1. The first-order valence-electron chi connectivity index (χ1n) is 11.7. The molecule has 7 nitrogen and oxygen atoms in total. The molecule has 0 saturated carbocycles. The Balaban J connectivity index is 0.00000104. The number of carbonyl (C=O) groups excluding carboxylic acids is 2. The number of allylic oxidation sites excluding steroid dienone is 5. The highest BCUT2D eigenvalue weighted by molar-refractivity contribution is 6.07. The lowest BCUT2D eigenvalue weighted by Gasteiger charge is -2.38. The molecule has 186 valence electrons. The van der Waals surface area contributed by atoms with Crippen molar-refractivity contribution in [1.29, 1.82) is 0 Å². The number of piperazine rings is 1. The number of ether oxygens (including phenoxy) is 1. The molecule has 0 amide bonds. The molecule has 0 unspecified atom stereocenters. The van der Waals surface area contributed by atoms with Gasteiger partial charge in [-0.15, -0.1) is 0 Å². The number of pyridine rings is 1. The second kappa shape index (κ2) is 16.6. The highest BCUT2D eigenvalue weighted by Crippen LogP contribution is 2.21. The molecule has 1 saturated heterocycles. The van der Waals surface area contributed by atoms with E-state index in [-0.39, 0.29) is 12.4 Å². The lowest BCUT2D eigenvalue weighted by molar-refractivity contribution is -0.110. The number of methoxy groups -OCH3 is 1. The summed E-state index contributed by atoms with van der Waals surface area (Å²) in [6, 6.07) is 2.54. The van der Waals surface area contributed by atoms with E-state index >= 15 is 0 Å². The summed E-state index contributed by atoms with van der Waals surface area (Å²) in [5, 5.41) is 2.94. The molecule has 2 heterocycles. The minimum absolute atomic E-state index is 0.0457. The van der Waals surface area contributed by atoms with Gasteiger partial charge in [0.1, 0.15) is 12.9 Å². The summed E-state index contributed by atoms with van der Waals surface area (Å²) < 4.78 is 4.32. The summed E-state index contributed by atoms with van der Waals surface area (Å²) in [6.07, 6.45) is 14.4. The van der Waals surface area contributed by atoms with Crippen molar-refractivity contribution in [2.24, 2.45) is 0 Å². The van der Waals surface area contributed by atoms with E-state index in [1.54, 1.807) is 18.2 Å². The van der Waals surface area contributed by atoms with Crippen LogP contribution in [0.1, 0.15) is 43.2 Å². The molecule has 1 aliphatic heterocycles. The first-order valence-corrected chi connectivity index (χ1v) is 11.7. The van der Waals surface area contributed by atoms with Crippen molar-refractivity contribution >= 4 is 23.8 Å². The molecule has 0 atom stereocenters. The van der Waals surface area contributed by atoms with Gasteiger partial charge in [0.2, 0.25) is 0 Å². The highest BCUT2D eigenvalue weighted by Gasteiger charge is 2.20. The molecule has 1 aromatic rings. The minimum atomic E-state index is -0.0457. The number of aromatic nitrogens is 1. The molecule has 7 heteroatoms. The summed E-state index contributed by atoms with van der Waals surface area (Å²) in [4.78, 5) is 31.5. The number of ketones is 1. The van der Waals surface area contributed by atoms with Crippen molar-refractivity contribution in [2.75, 3.05) is 51.8 Å². The van der Waals surface area contributed by atoms with E-state index in [4.69, 9.17) is 0 Å². The van der Waals surface area contributed by atoms with Crippen LogP contribution in [0.25, 0.3) is 6.08 Å². The minimum Gasteiger partial charge on any atom is -0.389 e. The largest absolute Gasteiger partial charge is 0.389 e. The second-order valence-electron chi connectivity index (χ2n) is 8.03. The van der Waals surface area contributed by atoms with Crippen molar-refractivity contribution in [1.82, 2.24) is 15.2 Å². The van der Waals surface area contributed by atoms with Gasteiger partial charge >= 0.3 is 0 Å². The Bertz CT molecular complexity index is 867. The average molecular weight is 469 g/mol. The zero-order valence-electron chi connectivity index (χ0n) is 21.3. The van der Waals surface area contributed by atoms with Crippen molar-refractivity contribution in [3.05, 3.63) is 66.2 Å². The predicted octanol–water partition coefficient (Wildman–Crippen LogP) is 3.90. The van der Waals surface area contributed by atoms with Gasteiger partial charge in [-0.2, -0.15) is 0 Å². The van der Waals surface area contributed by atoms with Crippen molar-refractivity contribution in [3.63, 3.8) is 0 Å². The third-order valence-electron chi connectivity index (χ3n) is 5.30. The fraction of sp³-hybridized carbons (Fsp3) is 0.444. The highest BCUT2D eigenvalue weighted by atomic mass is 16.5.